The van der Waals surface area contributed by atoms with E-state index in [1.807, 2.05) is 0 Å². The molecular formula is C13H13F3N4O3. The minimum Gasteiger partial charge on any atom is -0.338 e. The zero-order valence-corrected chi connectivity index (χ0v) is 12.0. The van der Waals surface area contributed by atoms with Crippen LogP contribution in [-0.2, 0) is 9.63 Å². The van der Waals surface area contributed by atoms with Crippen LogP contribution in [0, 0.1) is 0 Å². The molecule has 1 aliphatic heterocycles. The largest absolute Gasteiger partial charge is 0.493 e. The number of carbonyl (C=O) groups excluding carboxylic acids is 2. The molecule has 1 heterocycles. The van der Waals surface area contributed by atoms with Gasteiger partial charge in [-0.15, -0.1) is 5.06 Å². The van der Waals surface area contributed by atoms with Crippen molar-refractivity contribution < 1.29 is 27.6 Å². The van der Waals surface area contributed by atoms with Crippen molar-refractivity contribution in [3.8, 4) is 0 Å². The summed E-state index contributed by atoms with van der Waals surface area (Å²) in [4.78, 5) is 26.7. The van der Waals surface area contributed by atoms with Gasteiger partial charge >= 0.3 is 18.2 Å². The third-order valence-corrected chi connectivity index (χ3v) is 2.93. The summed E-state index contributed by atoms with van der Waals surface area (Å²) < 4.78 is 36.9. The SMILES string of the molecule is CNC(=O)N(OC(=O)C(F)(F)F)c1ccc(C2=NNCC2)cc1. The number of hydrogen-bond donors (Lipinski definition) is 2. The zero-order chi connectivity index (χ0) is 17.0. The number of carbonyl (C=O) groups is 2. The number of nitrogens with one attached hydrogen (secondary N) is 2. The van der Waals surface area contributed by atoms with Gasteiger partial charge in [-0.05, 0) is 17.7 Å². The second-order valence-corrected chi connectivity index (χ2v) is 4.49. The topological polar surface area (TPSA) is 83.0 Å². The summed E-state index contributed by atoms with van der Waals surface area (Å²) in [6.07, 6.45) is -4.50. The highest BCUT2D eigenvalue weighted by atomic mass is 19.4. The van der Waals surface area contributed by atoms with E-state index in [2.05, 4.69) is 20.7 Å². The molecule has 0 radical (unpaired) electrons. The molecular weight excluding hydrogens is 317 g/mol. The molecule has 0 bridgehead atoms. The number of hydroxylamine groups is 1. The van der Waals surface area contributed by atoms with Gasteiger partial charge in [-0.2, -0.15) is 18.3 Å². The van der Waals surface area contributed by atoms with Crippen LogP contribution in [0.3, 0.4) is 0 Å². The van der Waals surface area contributed by atoms with Gasteiger partial charge in [0.25, 0.3) is 0 Å². The molecule has 1 aromatic rings. The Balaban J connectivity index is 2.22. The summed E-state index contributed by atoms with van der Waals surface area (Å²) in [7, 11) is 1.20. The minimum atomic E-state index is -5.21. The third-order valence-electron chi connectivity index (χ3n) is 2.93. The Morgan fingerprint density at radius 3 is 2.43 bits per heavy atom. The molecule has 10 heteroatoms. The van der Waals surface area contributed by atoms with E-state index in [1.54, 1.807) is 12.1 Å². The van der Waals surface area contributed by atoms with Gasteiger partial charge in [-0.1, -0.05) is 12.1 Å². The van der Waals surface area contributed by atoms with E-state index in [0.29, 0.717) is 13.0 Å². The van der Waals surface area contributed by atoms with Gasteiger partial charge < -0.3 is 15.6 Å². The van der Waals surface area contributed by atoms with Gasteiger partial charge in [0, 0.05) is 20.0 Å². The summed E-state index contributed by atoms with van der Waals surface area (Å²) in [5.74, 6) is -2.49. The molecule has 2 amide bonds. The molecule has 0 aliphatic carbocycles. The standard InChI is InChI=1S/C13H13F3N4O3/c1-17-12(22)20(23-11(21)13(14,15)16)9-4-2-8(3-5-9)10-6-7-18-19-10/h2-5,18H,6-7H2,1H3,(H,17,22). The first-order valence-electron chi connectivity index (χ1n) is 6.53. The predicted octanol–water partition coefficient (Wildman–Crippen LogP) is 1.55. The number of hydrogen-bond acceptors (Lipinski definition) is 5. The zero-order valence-electron chi connectivity index (χ0n) is 12.0. The van der Waals surface area contributed by atoms with Crippen molar-refractivity contribution in [3.63, 3.8) is 0 Å². The Bertz CT molecular complexity index is 628. The maximum absolute atomic E-state index is 12.3. The van der Waals surface area contributed by atoms with Crippen LogP contribution in [0.5, 0.6) is 0 Å². The van der Waals surface area contributed by atoms with Gasteiger partial charge in [0.15, 0.2) is 0 Å². The highest BCUT2D eigenvalue weighted by Gasteiger charge is 2.43. The number of halogens is 3. The number of rotatable bonds is 2. The van der Waals surface area contributed by atoms with E-state index in [9.17, 15) is 22.8 Å². The molecule has 0 aromatic heterocycles. The van der Waals surface area contributed by atoms with Crippen LogP contribution in [0.1, 0.15) is 12.0 Å². The van der Waals surface area contributed by atoms with Crippen LogP contribution in [-0.4, -0.2) is 37.5 Å². The maximum atomic E-state index is 12.3. The lowest BCUT2D eigenvalue weighted by molar-refractivity contribution is -0.199. The molecule has 0 saturated heterocycles. The van der Waals surface area contributed by atoms with Crippen molar-refractivity contribution in [1.82, 2.24) is 10.7 Å². The average molecular weight is 330 g/mol. The van der Waals surface area contributed by atoms with E-state index >= 15 is 0 Å². The molecule has 0 fully saturated rings. The Morgan fingerprint density at radius 1 is 1.30 bits per heavy atom. The van der Waals surface area contributed by atoms with E-state index in [1.165, 1.54) is 19.2 Å². The Hall–Kier alpha value is -2.78. The monoisotopic (exact) mass is 330 g/mol. The quantitative estimate of drug-likeness (QED) is 0.806. The predicted molar refractivity (Wildman–Crippen MR) is 74.7 cm³/mol. The number of urea groups is 1. The molecule has 0 spiro atoms. The molecule has 124 valence electrons. The van der Waals surface area contributed by atoms with Crippen LogP contribution in [0.25, 0.3) is 0 Å². The van der Waals surface area contributed by atoms with Crippen molar-refractivity contribution in [2.45, 2.75) is 12.6 Å². The van der Waals surface area contributed by atoms with Crippen LogP contribution >= 0.6 is 0 Å². The number of benzene rings is 1. The van der Waals surface area contributed by atoms with Gasteiger partial charge in [-0.3, -0.25) is 0 Å². The van der Waals surface area contributed by atoms with E-state index in [4.69, 9.17) is 0 Å². The maximum Gasteiger partial charge on any atom is 0.493 e. The first-order chi connectivity index (χ1) is 10.8. The van der Waals surface area contributed by atoms with E-state index < -0.39 is 18.2 Å². The number of amides is 2. The number of nitrogens with zero attached hydrogens (tertiary/aromatic N) is 2. The molecule has 0 saturated carbocycles. The molecule has 2 N–H and O–H groups in total. The van der Waals surface area contributed by atoms with E-state index in [-0.39, 0.29) is 10.8 Å². The molecule has 1 aromatic carbocycles. The van der Waals surface area contributed by atoms with Crippen LogP contribution in [0.4, 0.5) is 23.7 Å². The van der Waals surface area contributed by atoms with E-state index in [0.717, 1.165) is 11.3 Å². The fourth-order valence-electron chi connectivity index (χ4n) is 1.83. The normalized spacial score (nSPS) is 13.8. The summed E-state index contributed by atoms with van der Waals surface area (Å²) in [6.45, 7) is 0.699. The second kappa shape index (κ2) is 6.55. The molecule has 2 rings (SSSR count). The van der Waals surface area contributed by atoms with Crippen molar-refractivity contribution in [3.05, 3.63) is 29.8 Å². The highest BCUT2D eigenvalue weighted by molar-refractivity contribution is 6.02. The summed E-state index contributed by atoms with van der Waals surface area (Å²) in [5.41, 5.74) is 4.30. The number of alkyl halides is 3. The Morgan fingerprint density at radius 2 is 1.96 bits per heavy atom. The third kappa shape index (κ3) is 3.90. The lowest BCUT2D eigenvalue weighted by Gasteiger charge is -2.21. The van der Waals surface area contributed by atoms with Crippen LogP contribution < -0.4 is 15.8 Å². The first-order valence-corrected chi connectivity index (χ1v) is 6.53. The lowest BCUT2D eigenvalue weighted by Crippen LogP contribution is -2.43. The lowest BCUT2D eigenvalue weighted by atomic mass is 10.1. The van der Waals surface area contributed by atoms with Crippen LogP contribution in [0.2, 0.25) is 0 Å². The molecule has 7 nitrogen and oxygen atoms in total. The molecule has 0 atom stereocenters. The van der Waals surface area contributed by atoms with Crippen molar-refractivity contribution >= 4 is 23.4 Å². The van der Waals surface area contributed by atoms with Crippen molar-refractivity contribution in [2.75, 3.05) is 18.7 Å². The van der Waals surface area contributed by atoms with Gasteiger partial charge in [0.05, 0.1) is 11.4 Å². The van der Waals surface area contributed by atoms with Crippen LogP contribution in [0.15, 0.2) is 29.4 Å². The summed E-state index contributed by atoms with van der Waals surface area (Å²) >= 11 is 0. The smallest absolute Gasteiger partial charge is 0.338 e. The summed E-state index contributed by atoms with van der Waals surface area (Å²) in [5, 5.41) is 6.40. The number of anilines is 1. The average Bonchev–Trinajstić information content (AvgIpc) is 3.05. The second-order valence-electron chi connectivity index (χ2n) is 4.49. The number of hydrazone groups is 1. The highest BCUT2D eigenvalue weighted by Crippen LogP contribution is 2.22. The first kappa shape index (κ1) is 16.6. The van der Waals surface area contributed by atoms with Gasteiger partial charge in [-0.25, -0.2) is 9.59 Å². The Kier molecular flexibility index (Phi) is 4.72. The summed E-state index contributed by atoms with van der Waals surface area (Å²) in [6, 6.07) is 4.83. The van der Waals surface area contributed by atoms with Crippen molar-refractivity contribution in [1.29, 1.82) is 0 Å². The minimum absolute atomic E-state index is 0.0303. The van der Waals surface area contributed by atoms with Gasteiger partial charge in [0.1, 0.15) is 0 Å². The molecule has 23 heavy (non-hydrogen) atoms. The van der Waals surface area contributed by atoms with Gasteiger partial charge in [0.2, 0.25) is 0 Å². The molecule has 0 unspecified atom stereocenters. The fourth-order valence-corrected chi connectivity index (χ4v) is 1.83. The Labute approximate surface area is 129 Å². The fraction of sp³-hybridized carbons (Fsp3) is 0.308. The van der Waals surface area contributed by atoms with Crippen molar-refractivity contribution in [2.24, 2.45) is 5.10 Å². The molecule has 1 aliphatic rings.